The number of nitrogen functional groups attached to an aromatic ring is 1. The number of anilines is 2. The number of nitrogens with zero attached hydrogens (tertiary/aromatic N) is 3. The second kappa shape index (κ2) is 10.1. The Labute approximate surface area is 224 Å². The molecule has 0 fully saturated rings. The Balaban J connectivity index is 1.29. The molecule has 5 nitrogen and oxygen atoms in total. The normalized spacial score (nSPS) is 11.2. The van der Waals surface area contributed by atoms with E-state index in [0.29, 0.717) is 23.8 Å². The summed E-state index contributed by atoms with van der Waals surface area (Å²) < 4.78 is 3.29. The quantitative estimate of drug-likeness (QED) is 0.211. The van der Waals surface area contributed by atoms with Gasteiger partial charge in [0.25, 0.3) is 0 Å². The van der Waals surface area contributed by atoms with Crippen molar-refractivity contribution >= 4 is 44.5 Å². The zero-order valence-electron chi connectivity index (χ0n) is 19.9. The average molecular weight is 522 g/mol. The molecule has 0 saturated heterocycles. The van der Waals surface area contributed by atoms with Gasteiger partial charge in [-0.05, 0) is 59.2 Å². The van der Waals surface area contributed by atoms with Gasteiger partial charge in [-0.15, -0.1) is 11.3 Å². The number of rotatable bonds is 7. The molecule has 2 heterocycles. The first-order valence-corrected chi connectivity index (χ1v) is 13.2. The van der Waals surface area contributed by atoms with E-state index in [1.54, 1.807) is 17.4 Å². The molecule has 0 amide bonds. The van der Waals surface area contributed by atoms with Crippen molar-refractivity contribution in [2.75, 3.05) is 11.1 Å². The van der Waals surface area contributed by atoms with Crippen molar-refractivity contribution in [1.29, 1.82) is 0 Å². The molecule has 0 aliphatic rings. The SMILES string of the molecule is Nc1cc(Cl)ccc1Cn1cncc1CNc1ccc(-c2nc3ccccc3s2)c(-c2ccccc2)c1. The van der Waals surface area contributed by atoms with Crippen LogP contribution >= 0.6 is 22.9 Å². The Hall–Kier alpha value is -4.13. The highest BCUT2D eigenvalue weighted by atomic mass is 35.5. The van der Waals surface area contributed by atoms with Crippen LogP contribution in [0.4, 0.5) is 11.4 Å². The molecule has 2 aromatic heterocycles. The maximum atomic E-state index is 6.17. The number of hydrogen-bond acceptors (Lipinski definition) is 5. The van der Waals surface area contributed by atoms with Crippen LogP contribution < -0.4 is 11.1 Å². The summed E-state index contributed by atoms with van der Waals surface area (Å²) in [6.45, 7) is 1.26. The van der Waals surface area contributed by atoms with Crippen molar-refractivity contribution in [1.82, 2.24) is 14.5 Å². The molecule has 4 aromatic carbocycles. The first-order chi connectivity index (χ1) is 18.1. The van der Waals surface area contributed by atoms with Crippen molar-refractivity contribution in [2.45, 2.75) is 13.1 Å². The van der Waals surface area contributed by atoms with Crippen LogP contribution in [0.5, 0.6) is 0 Å². The predicted molar refractivity (Wildman–Crippen MR) is 155 cm³/mol. The van der Waals surface area contributed by atoms with Crippen LogP contribution in [0.15, 0.2) is 104 Å². The fraction of sp³-hybridized carbons (Fsp3) is 0.0667. The van der Waals surface area contributed by atoms with E-state index in [0.717, 1.165) is 44.2 Å². The van der Waals surface area contributed by atoms with E-state index in [2.05, 4.69) is 75.5 Å². The van der Waals surface area contributed by atoms with E-state index < -0.39 is 0 Å². The second-order valence-electron chi connectivity index (χ2n) is 8.82. The highest BCUT2D eigenvalue weighted by Gasteiger charge is 2.14. The van der Waals surface area contributed by atoms with E-state index in [1.807, 2.05) is 36.8 Å². The number of nitrogens with one attached hydrogen (secondary N) is 1. The smallest absolute Gasteiger partial charge is 0.125 e. The van der Waals surface area contributed by atoms with E-state index in [1.165, 1.54) is 4.70 Å². The van der Waals surface area contributed by atoms with Crippen LogP contribution in [0.3, 0.4) is 0 Å². The molecular weight excluding hydrogens is 498 g/mol. The minimum Gasteiger partial charge on any atom is -0.398 e. The van der Waals surface area contributed by atoms with Crippen molar-refractivity contribution in [3.8, 4) is 21.7 Å². The molecule has 182 valence electrons. The molecule has 0 spiro atoms. The summed E-state index contributed by atoms with van der Waals surface area (Å²) in [5, 5.41) is 5.24. The van der Waals surface area contributed by atoms with Gasteiger partial charge in [0.2, 0.25) is 0 Å². The zero-order chi connectivity index (χ0) is 25.2. The van der Waals surface area contributed by atoms with Crippen LogP contribution in [0, 0.1) is 0 Å². The third kappa shape index (κ3) is 4.94. The van der Waals surface area contributed by atoms with Gasteiger partial charge in [0.05, 0.1) is 35.3 Å². The molecule has 3 N–H and O–H groups in total. The minimum absolute atomic E-state index is 0.627. The van der Waals surface area contributed by atoms with Crippen molar-refractivity contribution in [2.24, 2.45) is 0 Å². The number of fused-ring (bicyclic) bond motifs is 1. The Morgan fingerprint density at radius 1 is 0.892 bits per heavy atom. The molecule has 0 atom stereocenters. The van der Waals surface area contributed by atoms with Gasteiger partial charge in [0.1, 0.15) is 5.01 Å². The summed E-state index contributed by atoms with van der Waals surface area (Å²) in [5.74, 6) is 0. The molecule has 0 unspecified atom stereocenters. The van der Waals surface area contributed by atoms with Gasteiger partial charge in [-0.2, -0.15) is 0 Å². The molecule has 6 aromatic rings. The van der Waals surface area contributed by atoms with Crippen LogP contribution in [-0.2, 0) is 13.1 Å². The number of thiazole rings is 1. The number of halogens is 1. The lowest BCUT2D eigenvalue weighted by Crippen LogP contribution is -2.09. The number of imidazole rings is 1. The Bertz CT molecular complexity index is 1660. The summed E-state index contributed by atoms with van der Waals surface area (Å²) in [6.07, 6.45) is 3.71. The summed E-state index contributed by atoms with van der Waals surface area (Å²) in [7, 11) is 0. The van der Waals surface area contributed by atoms with E-state index in [4.69, 9.17) is 22.3 Å². The fourth-order valence-corrected chi connectivity index (χ4v) is 5.59. The van der Waals surface area contributed by atoms with Gasteiger partial charge in [-0.3, -0.25) is 0 Å². The second-order valence-corrected chi connectivity index (χ2v) is 10.3. The van der Waals surface area contributed by atoms with Crippen molar-refractivity contribution in [3.63, 3.8) is 0 Å². The van der Waals surface area contributed by atoms with Gasteiger partial charge < -0.3 is 15.6 Å². The lowest BCUT2D eigenvalue weighted by atomic mass is 9.99. The standard InChI is InChI=1S/C30H24ClN5S/c31-22-11-10-21(27(32)14-22)18-36-19-33-16-24(36)17-34-23-12-13-25(26(15-23)20-6-2-1-3-7-20)30-35-28-8-4-5-9-29(28)37-30/h1-16,19,34H,17-18,32H2. The Morgan fingerprint density at radius 2 is 1.73 bits per heavy atom. The van der Waals surface area contributed by atoms with Gasteiger partial charge in [-0.1, -0.05) is 60.1 Å². The Morgan fingerprint density at radius 3 is 2.57 bits per heavy atom. The maximum Gasteiger partial charge on any atom is 0.125 e. The molecular formula is C30H24ClN5S. The minimum atomic E-state index is 0.627. The highest BCUT2D eigenvalue weighted by Crippen LogP contribution is 2.38. The zero-order valence-corrected chi connectivity index (χ0v) is 21.5. The number of aromatic nitrogens is 3. The molecule has 7 heteroatoms. The summed E-state index contributed by atoms with van der Waals surface area (Å²) in [4.78, 5) is 9.28. The molecule has 0 aliphatic heterocycles. The average Bonchev–Trinajstić information content (AvgIpc) is 3.56. The van der Waals surface area contributed by atoms with Crippen LogP contribution in [0.1, 0.15) is 11.3 Å². The fourth-order valence-electron chi connectivity index (χ4n) is 4.41. The van der Waals surface area contributed by atoms with Gasteiger partial charge >= 0.3 is 0 Å². The third-order valence-electron chi connectivity index (χ3n) is 6.35. The lowest BCUT2D eigenvalue weighted by molar-refractivity contribution is 0.751. The monoisotopic (exact) mass is 521 g/mol. The van der Waals surface area contributed by atoms with Crippen molar-refractivity contribution in [3.05, 3.63) is 120 Å². The topological polar surface area (TPSA) is 68.8 Å². The van der Waals surface area contributed by atoms with Gasteiger partial charge in [0.15, 0.2) is 0 Å². The summed E-state index contributed by atoms with van der Waals surface area (Å²) in [5.41, 5.74) is 14.4. The predicted octanol–water partition coefficient (Wildman–Crippen LogP) is 7.72. The van der Waals surface area contributed by atoms with Crippen LogP contribution in [0.2, 0.25) is 5.02 Å². The van der Waals surface area contributed by atoms with E-state index in [-0.39, 0.29) is 0 Å². The molecule has 6 rings (SSSR count). The number of para-hydroxylation sites is 1. The van der Waals surface area contributed by atoms with Crippen LogP contribution in [-0.4, -0.2) is 14.5 Å². The highest BCUT2D eigenvalue weighted by molar-refractivity contribution is 7.21. The number of hydrogen-bond donors (Lipinski definition) is 2. The molecule has 0 aliphatic carbocycles. The summed E-state index contributed by atoms with van der Waals surface area (Å²) in [6, 6.07) is 30.8. The van der Waals surface area contributed by atoms with Gasteiger partial charge in [-0.25, -0.2) is 9.97 Å². The lowest BCUT2D eigenvalue weighted by Gasteiger charge is -2.14. The first-order valence-electron chi connectivity index (χ1n) is 12.0. The number of nitrogens with two attached hydrogens (primary N) is 1. The molecule has 0 radical (unpaired) electrons. The molecule has 37 heavy (non-hydrogen) atoms. The van der Waals surface area contributed by atoms with Crippen molar-refractivity contribution < 1.29 is 0 Å². The van der Waals surface area contributed by atoms with Gasteiger partial charge in [0, 0.05) is 28.2 Å². The summed E-state index contributed by atoms with van der Waals surface area (Å²) >= 11 is 7.78. The molecule has 0 saturated carbocycles. The Kier molecular flexibility index (Phi) is 6.35. The molecule has 0 bridgehead atoms. The largest absolute Gasteiger partial charge is 0.398 e. The number of benzene rings is 4. The van der Waals surface area contributed by atoms with Crippen LogP contribution in [0.25, 0.3) is 31.9 Å². The first kappa shape index (κ1) is 23.3. The van der Waals surface area contributed by atoms with E-state index in [9.17, 15) is 0 Å². The maximum absolute atomic E-state index is 6.17. The van der Waals surface area contributed by atoms with E-state index >= 15 is 0 Å². The third-order valence-corrected chi connectivity index (χ3v) is 7.65.